The molecule has 114 valence electrons. The Kier molecular flexibility index (Phi) is 4.69. The molecule has 0 saturated heterocycles. The van der Waals surface area contributed by atoms with Crippen LogP contribution in [-0.2, 0) is 6.42 Å². The maximum atomic E-state index is 12.4. The van der Waals surface area contributed by atoms with Crippen LogP contribution in [0.3, 0.4) is 0 Å². The molecule has 2 N–H and O–H groups in total. The van der Waals surface area contributed by atoms with E-state index in [2.05, 4.69) is 14.9 Å². The van der Waals surface area contributed by atoms with E-state index in [1.807, 2.05) is 6.92 Å². The summed E-state index contributed by atoms with van der Waals surface area (Å²) in [5.74, 6) is 0.825. The van der Waals surface area contributed by atoms with Gasteiger partial charge in [-0.05, 0) is 17.7 Å². The SMILES string of the molecule is CCc1nc(C(N)c2ccc(OC)c(OC(F)F)c2)no1. The Bertz CT molecular complexity index is 604. The molecular weight excluding hydrogens is 284 g/mol. The van der Waals surface area contributed by atoms with Crippen molar-refractivity contribution in [3.63, 3.8) is 0 Å². The number of nitrogens with zero attached hydrogens (tertiary/aromatic N) is 2. The molecule has 0 aliphatic rings. The van der Waals surface area contributed by atoms with Gasteiger partial charge in [0.2, 0.25) is 5.89 Å². The Morgan fingerprint density at radius 3 is 2.67 bits per heavy atom. The number of aromatic nitrogens is 2. The van der Waals surface area contributed by atoms with Gasteiger partial charge in [0.1, 0.15) is 0 Å². The molecule has 1 atom stereocenters. The number of alkyl halides is 2. The highest BCUT2D eigenvalue weighted by molar-refractivity contribution is 5.44. The fourth-order valence-electron chi connectivity index (χ4n) is 1.76. The lowest BCUT2D eigenvalue weighted by molar-refractivity contribution is -0.0512. The zero-order valence-electron chi connectivity index (χ0n) is 11.5. The van der Waals surface area contributed by atoms with Gasteiger partial charge in [0.05, 0.1) is 13.2 Å². The number of methoxy groups -OCH3 is 1. The molecule has 21 heavy (non-hydrogen) atoms. The van der Waals surface area contributed by atoms with Crippen molar-refractivity contribution in [3.05, 3.63) is 35.5 Å². The molecular formula is C13H15F2N3O3. The highest BCUT2D eigenvalue weighted by Crippen LogP contribution is 2.32. The van der Waals surface area contributed by atoms with Crippen molar-refractivity contribution in [1.82, 2.24) is 10.1 Å². The number of rotatable bonds is 6. The number of ether oxygens (including phenoxy) is 2. The molecule has 1 aromatic heterocycles. The van der Waals surface area contributed by atoms with Crippen molar-refractivity contribution in [2.45, 2.75) is 26.0 Å². The van der Waals surface area contributed by atoms with E-state index < -0.39 is 12.7 Å². The van der Waals surface area contributed by atoms with E-state index in [-0.39, 0.29) is 17.3 Å². The van der Waals surface area contributed by atoms with Crippen LogP contribution in [0.4, 0.5) is 8.78 Å². The Morgan fingerprint density at radius 2 is 2.10 bits per heavy atom. The van der Waals surface area contributed by atoms with Crippen molar-refractivity contribution in [3.8, 4) is 11.5 Å². The lowest BCUT2D eigenvalue weighted by Gasteiger charge is -2.13. The Balaban J connectivity index is 2.30. The highest BCUT2D eigenvalue weighted by Gasteiger charge is 2.19. The summed E-state index contributed by atoms with van der Waals surface area (Å²) in [7, 11) is 1.36. The molecule has 0 amide bonds. The first-order valence-corrected chi connectivity index (χ1v) is 6.26. The summed E-state index contributed by atoms with van der Waals surface area (Å²) in [6, 6.07) is 3.79. The summed E-state index contributed by atoms with van der Waals surface area (Å²) in [6.07, 6.45) is 0.585. The van der Waals surface area contributed by atoms with Crippen molar-refractivity contribution < 1.29 is 22.8 Å². The van der Waals surface area contributed by atoms with Crippen molar-refractivity contribution in [1.29, 1.82) is 0 Å². The molecule has 6 nitrogen and oxygen atoms in total. The molecule has 1 heterocycles. The van der Waals surface area contributed by atoms with E-state index in [9.17, 15) is 8.78 Å². The monoisotopic (exact) mass is 299 g/mol. The van der Waals surface area contributed by atoms with Crippen LogP contribution >= 0.6 is 0 Å². The summed E-state index contributed by atoms with van der Waals surface area (Å²) in [4.78, 5) is 4.12. The molecule has 0 fully saturated rings. The largest absolute Gasteiger partial charge is 0.493 e. The Labute approximate surface area is 119 Å². The summed E-state index contributed by atoms with van der Waals surface area (Å²) >= 11 is 0. The van der Waals surface area contributed by atoms with E-state index >= 15 is 0 Å². The fraction of sp³-hybridized carbons (Fsp3) is 0.385. The molecule has 0 saturated carbocycles. The number of hydrogen-bond donors (Lipinski definition) is 1. The van der Waals surface area contributed by atoms with Gasteiger partial charge >= 0.3 is 6.61 Å². The first-order valence-electron chi connectivity index (χ1n) is 6.26. The second-order valence-electron chi connectivity index (χ2n) is 4.17. The molecule has 0 aliphatic heterocycles. The first kappa shape index (κ1) is 15.2. The normalized spacial score (nSPS) is 12.5. The van der Waals surface area contributed by atoms with Crippen LogP contribution in [0.5, 0.6) is 11.5 Å². The zero-order valence-corrected chi connectivity index (χ0v) is 11.5. The van der Waals surface area contributed by atoms with Crippen molar-refractivity contribution >= 4 is 0 Å². The van der Waals surface area contributed by atoms with E-state index in [0.717, 1.165) is 0 Å². The second kappa shape index (κ2) is 6.49. The van der Waals surface area contributed by atoms with Crippen LogP contribution in [0.25, 0.3) is 0 Å². The minimum Gasteiger partial charge on any atom is -0.493 e. The van der Waals surface area contributed by atoms with Crippen molar-refractivity contribution in [2.75, 3.05) is 7.11 Å². The second-order valence-corrected chi connectivity index (χ2v) is 4.17. The molecule has 2 aromatic rings. The number of nitrogens with two attached hydrogens (primary N) is 1. The third-order valence-corrected chi connectivity index (χ3v) is 2.83. The van der Waals surface area contributed by atoms with Gasteiger partial charge < -0.3 is 19.7 Å². The lowest BCUT2D eigenvalue weighted by Crippen LogP contribution is -2.14. The van der Waals surface area contributed by atoms with Crippen LogP contribution in [0.2, 0.25) is 0 Å². The van der Waals surface area contributed by atoms with Crippen LogP contribution < -0.4 is 15.2 Å². The van der Waals surface area contributed by atoms with Crippen LogP contribution in [-0.4, -0.2) is 23.9 Å². The number of halogens is 2. The third kappa shape index (κ3) is 3.46. The van der Waals surface area contributed by atoms with Gasteiger partial charge in [0.25, 0.3) is 0 Å². The molecule has 2 rings (SSSR count). The van der Waals surface area contributed by atoms with Crippen molar-refractivity contribution in [2.24, 2.45) is 5.73 Å². The Morgan fingerprint density at radius 1 is 1.33 bits per heavy atom. The standard InChI is InChI=1S/C13H15F2N3O3/c1-3-10-17-12(18-21-10)11(16)7-4-5-8(19-2)9(6-7)20-13(14)15/h4-6,11,13H,3,16H2,1-2H3. The molecule has 0 bridgehead atoms. The molecule has 1 aromatic carbocycles. The molecule has 0 radical (unpaired) electrons. The summed E-state index contributed by atoms with van der Waals surface area (Å²) in [6.45, 7) is -1.09. The number of aryl methyl sites for hydroxylation is 1. The molecule has 1 unspecified atom stereocenters. The topological polar surface area (TPSA) is 83.4 Å². The maximum Gasteiger partial charge on any atom is 0.387 e. The highest BCUT2D eigenvalue weighted by atomic mass is 19.3. The average molecular weight is 299 g/mol. The predicted octanol–water partition coefficient (Wildman–Crippen LogP) is 2.29. The smallest absolute Gasteiger partial charge is 0.387 e. The van der Waals surface area contributed by atoms with E-state index in [0.29, 0.717) is 17.9 Å². The van der Waals surface area contributed by atoms with Gasteiger partial charge in [-0.1, -0.05) is 18.1 Å². The first-order chi connectivity index (χ1) is 10.0. The van der Waals surface area contributed by atoms with Crippen LogP contribution in [0.15, 0.2) is 22.7 Å². The summed E-state index contributed by atoms with van der Waals surface area (Å²) < 4.78 is 39.1. The minimum atomic E-state index is -2.96. The van der Waals surface area contributed by atoms with Crippen LogP contribution in [0.1, 0.15) is 30.2 Å². The van der Waals surface area contributed by atoms with Gasteiger partial charge in [-0.2, -0.15) is 13.8 Å². The Hall–Kier alpha value is -2.22. The summed E-state index contributed by atoms with van der Waals surface area (Å²) in [5, 5.41) is 3.77. The average Bonchev–Trinajstić information content (AvgIpc) is 2.94. The predicted molar refractivity (Wildman–Crippen MR) is 69.3 cm³/mol. The van der Waals surface area contributed by atoms with Gasteiger partial charge in [0, 0.05) is 6.42 Å². The quantitative estimate of drug-likeness (QED) is 0.881. The number of benzene rings is 1. The van der Waals surface area contributed by atoms with Gasteiger partial charge in [-0.3, -0.25) is 0 Å². The van der Waals surface area contributed by atoms with Gasteiger partial charge in [-0.15, -0.1) is 0 Å². The van der Waals surface area contributed by atoms with E-state index in [1.54, 1.807) is 6.07 Å². The molecule has 0 spiro atoms. The van der Waals surface area contributed by atoms with E-state index in [1.165, 1.54) is 19.2 Å². The van der Waals surface area contributed by atoms with Crippen LogP contribution in [0, 0.1) is 0 Å². The van der Waals surface area contributed by atoms with E-state index in [4.69, 9.17) is 15.0 Å². The third-order valence-electron chi connectivity index (χ3n) is 2.83. The summed E-state index contributed by atoms with van der Waals surface area (Å²) in [5.41, 5.74) is 6.52. The fourth-order valence-corrected chi connectivity index (χ4v) is 1.76. The minimum absolute atomic E-state index is 0.0975. The molecule has 8 heteroatoms. The van der Waals surface area contributed by atoms with Gasteiger partial charge in [-0.25, -0.2) is 0 Å². The lowest BCUT2D eigenvalue weighted by atomic mass is 10.1. The zero-order chi connectivity index (χ0) is 15.4. The maximum absolute atomic E-state index is 12.4. The van der Waals surface area contributed by atoms with Gasteiger partial charge in [0.15, 0.2) is 17.3 Å². The number of hydrogen-bond acceptors (Lipinski definition) is 6. The molecule has 0 aliphatic carbocycles.